The molecule has 0 heterocycles. The molecular formula is C11H15ClFN. The summed E-state index contributed by atoms with van der Waals surface area (Å²) >= 11 is 6.02. The van der Waals surface area contributed by atoms with Gasteiger partial charge in [0.05, 0.1) is 0 Å². The molecule has 0 saturated heterocycles. The van der Waals surface area contributed by atoms with Gasteiger partial charge in [-0.05, 0) is 23.1 Å². The second-order valence-electron chi connectivity index (χ2n) is 3.64. The van der Waals surface area contributed by atoms with Gasteiger partial charge in [-0.25, -0.2) is 4.39 Å². The van der Waals surface area contributed by atoms with Crippen molar-refractivity contribution in [3.63, 3.8) is 0 Å². The Morgan fingerprint density at radius 2 is 2.07 bits per heavy atom. The minimum Gasteiger partial charge on any atom is -0.327 e. The molecular weight excluding hydrogens is 201 g/mol. The van der Waals surface area contributed by atoms with Crippen molar-refractivity contribution in [3.05, 3.63) is 34.3 Å². The summed E-state index contributed by atoms with van der Waals surface area (Å²) in [6.45, 7) is 4.10. The number of hydrogen-bond donors (Lipinski definition) is 1. The summed E-state index contributed by atoms with van der Waals surface area (Å²) in [5, 5.41) is 0.619. The van der Waals surface area contributed by atoms with Crippen LogP contribution in [0.3, 0.4) is 0 Å². The standard InChI is InChI=1S/C11H15ClFN/c1-7(2)9-4-3-8(5-10(9)12)11(13)6-14/h3-5,7,11H,6,14H2,1-2H3. The third-order valence-corrected chi connectivity index (χ3v) is 2.54. The number of rotatable bonds is 3. The van der Waals surface area contributed by atoms with Gasteiger partial charge >= 0.3 is 0 Å². The first-order valence-corrected chi connectivity index (χ1v) is 5.07. The molecule has 3 heteroatoms. The highest BCUT2D eigenvalue weighted by Gasteiger charge is 2.11. The van der Waals surface area contributed by atoms with Crippen molar-refractivity contribution in [2.24, 2.45) is 5.73 Å². The molecule has 1 rings (SSSR count). The Kier molecular flexibility index (Phi) is 3.90. The molecule has 1 aromatic rings. The smallest absolute Gasteiger partial charge is 0.137 e. The van der Waals surface area contributed by atoms with Crippen LogP contribution in [-0.2, 0) is 0 Å². The lowest BCUT2D eigenvalue weighted by molar-refractivity contribution is 0.353. The fourth-order valence-corrected chi connectivity index (χ4v) is 1.75. The SMILES string of the molecule is CC(C)c1ccc(C(F)CN)cc1Cl. The minimum atomic E-state index is -1.12. The van der Waals surface area contributed by atoms with Crippen LogP contribution in [-0.4, -0.2) is 6.54 Å². The van der Waals surface area contributed by atoms with Gasteiger partial charge in [0, 0.05) is 11.6 Å². The van der Waals surface area contributed by atoms with Crippen molar-refractivity contribution in [1.29, 1.82) is 0 Å². The van der Waals surface area contributed by atoms with Gasteiger partial charge in [-0.1, -0.05) is 37.6 Å². The number of halogens is 2. The van der Waals surface area contributed by atoms with Crippen molar-refractivity contribution in [2.75, 3.05) is 6.54 Å². The van der Waals surface area contributed by atoms with Crippen molar-refractivity contribution in [3.8, 4) is 0 Å². The maximum absolute atomic E-state index is 13.2. The highest BCUT2D eigenvalue weighted by molar-refractivity contribution is 6.31. The van der Waals surface area contributed by atoms with Crippen molar-refractivity contribution >= 4 is 11.6 Å². The van der Waals surface area contributed by atoms with E-state index in [0.717, 1.165) is 5.56 Å². The summed E-state index contributed by atoms with van der Waals surface area (Å²) in [6, 6.07) is 5.28. The van der Waals surface area contributed by atoms with Crippen LogP contribution in [0.1, 0.15) is 37.1 Å². The lowest BCUT2D eigenvalue weighted by Gasteiger charge is -2.11. The molecule has 0 fully saturated rings. The molecule has 1 unspecified atom stereocenters. The predicted molar refractivity (Wildman–Crippen MR) is 58.4 cm³/mol. The molecule has 0 bridgehead atoms. The quantitative estimate of drug-likeness (QED) is 0.822. The second kappa shape index (κ2) is 4.76. The van der Waals surface area contributed by atoms with Crippen LogP contribution in [0, 0.1) is 0 Å². The maximum atomic E-state index is 13.2. The Morgan fingerprint density at radius 3 is 2.50 bits per heavy atom. The maximum Gasteiger partial charge on any atom is 0.137 e. The Morgan fingerprint density at radius 1 is 1.43 bits per heavy atom. The molecule has 0 radical (unpaired) electrons. The van der Waals surface area contributed by atoms with E-state index in [0.29, 0.717) is 16.5 Å². The number of alkyl halides is 1. The Balaban J connectivity index is 3.00. The first-order chi connectivity index (χ1) is 6.56. The monoisotopic (exact) mass is 215 g/mol. The lowest BCUT2D eigenvalue weighted by atomic mass is 10.0. The third-order valence-electron chi connectivity index (χ3n) is 2.22. The van der Waals surface area contributed by atoms with E-state index >= 15 is 0 Å². The van der Waals surface area contributed by atoms with Crippen LogP contribution in [0.25, 0.3) is 0 Å². The fraction of sp³-hybridized carbons (Fsp3) is 0.455. The van der Waals surface area contributed by atoms with Crippen molar-refractivity contribution in [1.82, 2.24) is 0 Å². The summed E-state index contributed by atoms with van der Waals surface area (Å²) in [4.78, 5) is 0. The average Bonchev–Trinajstić information content (AvgIpc) is 2.15. The van der Waals surface area contributed by atoms with E-state index < -0.39 is 6.17 Å². The average molecular weight is 216 g/mol. The summed E-state index contributed by atoms with van der Waals surface area (Å²) in [5.41, 5.74) is 6.83. The number of nitrogens with two attached hydrogens (primary N) is 1. The van der Waals surface area contributed by atoms with Crippen LogP contribution < -0.4 is 5.73 Å². The normalized spacial score (nSPS) is 13.3. The van der Waals surface area contributed by atoms with Crippen LogP contribution in [0.4, 0.5) is 4.39 Å². The molecule has 14 heavy (non-hydrogen) atoms. The zero-order valence-corrected chi connectivity index (χ0v) is 9.18. The molecule has 1 nitrogen and oxygen atoms in total. The minimum absolute atomic E-state index is 0.00262. The van der Waals surface area contributed by atoms with E-state index in [1.165, 1.54) is 0 Å². The van der Waals surface area contributed by atoms with Crippen LogP contribution >= 0.6 is 11.6 Å². The van der Waals surface area contributed by atoms with E-state index in [-0.39, 0.29) is 6.54 Å². The summed E-state index contributed by atoms with van der Waals surface area (Å²) in [7, 11) is 0. The first-order valence-electron chi connectivity index (χ1n) is 4.69. The third kappa shape index (κ3) is 2.46. The van der Waals surface area contributed by atoms with Crippen molar-refractivity contribution in [2.45, 2.75) is 25.9 Å². The summed E-state index contributed by atoms with van der Waals surface area (Å²) in [6.07, 6.45) is -1.12. The molecule has 0 aromatic heterocycles. The van der Waals surface area contributed by atoms with Gasteiger partial charge in [-0.3, -0.25) is 0 Å². The molecule has 0 saturated carbocycles. The van der Waals surface area contributed by atoms with Crippen LogP contribution in [0.2, 0.25) is 5.02 Å². The van der Waals surface area contributed by atoms with Crippen LogP contribution in [0.15, 0.2) is 18.2 Å². The van der Waals surface area contributed by atoms with E-state index in [1.807, 2.05) is 6.07 Å². The van der Waals surface area contributed by atoms with Gasteiger partial charge in [0.1, 0.15) is 6.17 Å². The molecule has 0 spiro atoms. The highest BCUT2D eigenvalue weighted by Crippen LogP contribution is 2.28. The molecule has 2 N–H and O–H groups in total. The summed E-state index contributed by atoms with van der Waals surface area (Å²) in [5.74, 6) is 0.354. The molecule has 0 aliphatic rings. The van der Waals surface area contributed by atoms with Crippen molar-refractivity contribution < 1.29 is 4.39 Å². The fourth-order valence-electron chi connectivity index (χ4n) is 1.34. The zero-order valence-electron chi connectivity index (χ0n) is 8.43. The molecule has 0 amide bonds. The van der Waals surface area contributed by atoms with E-state index in [1.54, 1.807) is 12.1 Å². The van der Waals surface area contributed by atoms with E-state index in [2.05, 4.69) is 13.8 Å². The zero-order chi connectivity index (χ0) is 10.7. The highest BCUT2D eigenvalue weighted by atomic mass is 35.5. The summed E-state index contributed by atoms with van der Waals surface area (Å²) < 4.78 is 13.2. The largest absolute Gasteiger partial charge is 0.327 e. The van der Waals surface area contributed by atoms with Gasteiger partial charge in [0.25, 0.3) is 0 Å². The number of hydrogen-bond acceptors (Lipinski definition) is 1. The number of benzene rings is 1. The van der Waals surface area contributed by atoms with Gasteiger partial charge in [-0.15, -0.1) is 0 Å². The van der Waals surface area contributed by atoms with Gasteiger partial charge < -0.3 is 5.73 Å². The predicted octanol–water partition coefficient (Wildman–Crippen LogP) is 3.43. The van der Waals surface area contributed by atoms with Gasteiger partial charge in [0.15, 0.2) is 0 Å². The van der Waals surface area contributed by atoms with Gasteiger partial charge in [0.2, 0.25) is 0 Å². The molecule has 78 valence electrons. The lowest BCUT2D eigenvalue weighted by Crippen LogP contribution is -2.07. The Hall–Kier alpha value is -0.600. The topological polar surface area (TPSA) is 26.0 Å². The molecule has 0 aliphatic carbocycles. The molecule has 1 aromatic carbocycles. The Labute approximate surface area is 89.1 Å². The van der Waals surface area contributed by atoms with Gasteiger partial charge in [-0.2, -0.15) is 0 Å². The Bertz CT molecular complexity index is 312. The van der Waals surface area contributed by atoms with Crippen LogP contribution in [0.5, 0.6) is 0 Å². The first kappa shape index (κ1) is 11.5. The second-order valence-corrected chi connectivity index (χ2v) is 4.05. The van der Waals surface area contributed by atoms with E-state index in [4.69, 9.17) is 17.3 Å². The molecule has 0 aliphatic heterocycles. The molecule has 1 atom stereocenters. The van der Waals surface area contributed by atoms with E-state index in [9.17, 15) is 4.39 Å².